The highest BCUT2D eigenvalue weighted by atomic mass is 35.5. The van der Waals surface area contributed by atoms with Crippen molar-refractivity contribution >= 4 is 28.7 Å². The molecule has 11 heteroatoms. The molecule has 2 N–H and O–H groups in total. The SMILES string of the molecule is O=C(O)c1cc2c(nc(CN3CCC(c4cccc(OCc5ccc(Cl)cc5F)n4)CC3)n2C[C@@H]2CCO2)[nH]1. The van der Waals surface area contributed by atoms with E-state index in [-0.39, 0.29) is 18.4 Å². The highest BCUT2D eigenvalue weighted by Crippen LogP contribution is 2.30. The number of H-pyrrole nitrogens is 1. The zero-order valence-electron chi connectivity index (χ0n) is 21.3. The average molecular weight is 554 g/mol. The smallest absolute Gasteiger partial charge is 0.352 e. The summed E-state index contributed by atoms with van der Waals surface area (Å²) in [5, 5.41) is 9.72. The van der Waals surface area contributed by atoms with Crippen molar-refractivity contribution in [3.8, 4) is 5.88 Å². The highest BCUT2D eigenvalue weighted by molar-refractivity contribution is 6.30. The number of aromatic nitrogens is 4. The van der Waals surface area contributed by atoms with Gasteiger partial charge < -0.3 is 24.1 Å². The average Bonchev–Trinajstić information content (AvgIpc) is 3.45. The number of ether oxygens (including phenoxy) is 2. The number of carboxylic acids is 1. The van der Waals surface area contributed by atoms with Gasteiger partial charge in [-0.25, -0.2) is 19.2 Å². The molecule has 2 fully saturated rings. The minimum absolute atomic E-state index is 0.0818. The van der Waals surface area contributed by atoms with Gasteiger partial charge >= 0.3 is 5.97 Å². The van der Waals surface area contributed by atoms with E-state index in [0.717, 1.165) is 56.0 Å². The monoisotopic (exact) mass is 553 g/mol. The van der Waals surface area contributed by atoms with Gasteiger partial charge in [0.15, 0.2) is 5.65 Å². The van der Waals surface area contributed by atoms with Crippen molar-refractivity contribution in [3.05, 3.63) is 76.1 Å². The van der Waals surface area contributed by atoms with E-state index in [1.165, 1.54) is 6.07 Å². The van der Waals surface area contributed by atoms with Crippen molar-refractivity contribution in [2.45, 2.75) is 51.0 Å². The molecule has 0 amide bonds. The number of hydrogen-bond acceptors (Lipinski definition) is 6. The van der Waals surface area contributed by atoms with Gasteiger partial charge in [0.25, 0.3) is 0 Å². The molecule has 0 aliphatic carbocycles. The number of rotatable bonds is 9. The predicted octanol–water partition coefficient (Wildman–Crippen LogP) is 5.00. The maximum absolute atomic E-state index is 14.1. The van der Waals surface area contributed by atoms with E-state index >= 15 is 0 Å². The lowest BCUT2D eigenvalue weighted by Gasteiger charge is -2.32. The molecule has 0 radical (unpaired) electrons. The Balaban J connectivity index is 1.09. The van der Waals surface area contributed by atoms with Crippen LogP contribution in [0.4, 0.5) is 4.39 Å². The summed E-state index contributed by atoms with van der Waals surface area (Å²) in [5.74, 6) is 0.285. The van der Waals surface area contributed by atoms with Crippen LogP contribution in [0.15, 0.2) is 42.5 Å². The number of hydrogen-bond donors (Lipinski definition) is 2. The summed E-state index contributed by atoms with van der Waals surface area (Å²) in [6.45, 7) is 3.95. The van der Waals surface area contributed by atoms with Gasteiger partial charge in [-0.05, 0) is 56.6 Å². The molecule has 2 aliphatic heterocycles. The van der Waals surface area contributed by atoms with E-state index in [1.54, 1.807) is 24.3 Å². The lowest BCUT2D eigenvalue weighted by atomic mass is 9.93. The number of carboxylic acid groups (broad SMARTS) is 1. The summed E-state index contributed by atoms with van der Waals surface area (Å²) in [5.41, 5.74) is 2.93. The maximum Gasteiger partial charge on any atom is 0.352 e. The minimum Gasteiger partial charge on any atom is -0.477 e. The van der Waals surface area contributed by atoms with Crippen LogP contribution < -0.4 is 4.74 Å². The molecular weight excluding hydrogens is 525 g/mol. The van der Waals surface area contributed by atoms with Crippen molar-refractivity contribution in [3.63, 3.8) is 0 Å². The van der Waals surface area contributed by atoms with Crippen molar-refractivity contribution < 1.29 is 23.8 Å². The molecule has 0 saturated carbocycles. The first-order valence-electron chi connectivity index (χ1n) is 13.1. The topological polar surface area (TPSA) is 106 Å². The Labute approximate surface area is 229 Å². The second-order valence-electron chi connectivity index (χ2n) is 10.1. The molecule has 6 rings (SSSR count). The first-order valence-corrected chi connectivity index (χ1v) is 13.5. The van der Waals surface area contributed by atoms with Crippen LogP contribution in [0.5, 0.6) is 5.88 Å². The minimum atomic E-state index is -0.997. The highest BCUT2D eigenvalue weighted by Gasteiger charge is 2.27. The fraction of sp³-hybridized carbons (Fsp3) is 0.393. The van der Waals surface area contributed by atoms with Gasteiger partial charge in [-0.3, -0.25) is 4.90 Å². The molecular formula is C28H29ClFN5O4. The molecule has 4 aromatic rings. The van der Waals surface area contributed by atoms with Gasteiger partial charge in [0.05, 0.1) is 24.7 Å². The van der Waals surface area contributed by atoms with Crippen molar-refractivity contribution in [2.24, 2.45) is 0 Å². The van der Waals surface area contributed by atoms with Gasteiger partial charge in [0, 0.05) is 34.9 Å². The van der Waals surface area contributed by atoms with Crippen LogP contribution in [0.2, 0.25) is 5.02 Å². The molecule has 0 bridgehead atoms. The Bertz CT molecular complexity index is 1490. The summed E-state index contributed by atoms with van der Waals surface area (Å²) >= 11 is 5.83. The van der Waals surface area contributed by atoms with Gasteiger partial charge in [-0.15, -0.1) is 0 Å². The van der Waals surface area contributed by atoms with Crippen LogP contribution in [-0.2, 0) is 24.4 Å². The van der Waals surface area contributed by atoms with Gasteiger partial charge in [-0.2, -0.15) is 0 Å². The number of piperidine rings is 1. The molecule has 39 heavy (non-hydrogen) atoms. The third-order valence-corrected chi connectivity index (χ3v) is 7.77. The van der Waals surface area contributed by atoms with E-state index in [2.05, 4.69) is 14.5 Å². The van der Waals surface area contributed by atoms with Crippen LogP contribution in [0.1, 0.15) is 52.8 Å². The maximum atomic E-state index is 14.1. The fourth-order valence-corrected chi connectivity index (χ4v) is 5.40. The first-order chi connectivity index (χ1) is 18.9. The van der Waals surface area contributed by atoms with Gasteiger partial charge in [-0.1, -0.05) is 23.7 Å². The summed E-state index contributed by atoms with van der Waals surface area (Å²) in [6, 6.07) is 11.9. The lowest BCUT2D eigenvalue weighted by molar-refractivity contribution is -0.0592. The summed E-state index contributed by atoms with van der Waals surface area (Å²) in [7, 11) is 0. The number of nitrogens with one attached hydrogen (secondary N) is 1. The number of pyridine rings is 1. The second kappa shape index (κ2) is 11.0. The van der Waals surface area contributed by atoms with Crippen LogP contribution in [0, 0.1) is 5.82 Å². The summed E-state index contributed by atoms with van der Waals surface area (Å²) in [4.78, 5) is 26.2. The number of benzene rings is 1. The molecule has 3 aromatic heterocycles. The third kappa shape index (κ3) is 5.63. The van der Waals surface area contributed by atoms with E-state index in [1.807, 2.05) is 12.1 Å². The number of carbonyl (C=O) groups is 1. The number of likely N-dealkylation sites (tertiary alicyclic amines) is 1. The molecule has 5 heterocycles. The molecule has 2 saturated heterocycles. The Morgan fingerprint density at radius 3 is 2.72 bits per heavy atom. The summed E-state index contributed by atoms with van der Waals surface area (Å²) < 4.78 is 27.6. The first kappa shape index (κ1) is 25.8. The number of halogens is 2. The fourth-order valence-electron chi connectivity index (χ4n) is 5.24. The largest absolute Gasteiger partial charge is 0.477 e. The molecule has 0 spiro atoms. The second-order valence-corrected chi connectivity index (χ2v) is 10.6. The molecule has 204 valence electrons. The Kier molecular flexibility index (Phi) is 7.24. The number of aromatic carboxylic acids is 1. The number of nitrogens with zero attached hydrogens (tertiary/aromatic N) is 4. The van der Waals surface area contributed by atoms with Gasteiger partial charge in [0.2, 0.25) is 5.88 Å². The normalized spacial score (nSPS) is 18.4. The van der Waals surface area contributed by atoms with E-state index in [4.69, 9.17) is 31.0 Å². The molecule has 2 aliphatic rings. The predicted molar refractivity (Wildman–Crippen MR) is 143 cm³/mol. The number of fused-ring (bicyclic) bond motifs is 1. The standard InChI is InChI=1S/C28H29ClFN5O4/c29-19-5-4-18(21(30)12-19)16-39-26-3-1-2-22(31-26)17-6-9-34(10-7-17)15-25-33-27-24(13-23(32-27)28(36)37)35(25)14-20-8-11-38-20/h1-5,12-13,17,20,32H,6-11,14-16H2,(H,36,37)/t20-/m0/s1. The Morgan fingerprint density at radius 1 is 1.18 bits per heavy atom. The molecule has 9 nitrogen and oxygen atoms in total. The lowest BCUT2D eigenvalue weighted by Crippen LogP contribution is -2.35. The van der Waals surface area contributed by atoms with Crippen LogP contribution >= 0.6 is 11.6 Å². The van der Waals surface area contributed by atoms with E-state index in [9.17, 15) is 14.3 Å². The van der Waals surface area contributed by atoms with E-state index in [0.29, 0.717) is 41.1 Å². The third-order valence-electron chi connectivity index (χ3n) is 7.54. The number of aromatic amines is 1. The van der Waals surface area contributed by atoms with Crippen molar-refractivity contribution in [1.29, 1.82) is 0 Å². The zero-order valence-corrected chi connectivity index (χ0v) is 22.0. The van der Waals surface area contributed by atoms with Crippen molar-refractivity contribution in [2.75, 3.05) is 19.7 Å². The molecule has 1 aromatic carbocycles. The van der Waals surface area contributed by atoms with Crippen LogP contribution in [0.3, 0.4) is 0 Å². The number of imidazole rings is 1. The quantitative estimate of drug-likeness (QED) is 0.300. The summed E-state index contributed by atoms with van der Waals surface area (Å²) in [6.07, 6.45) is 3.00. The van der Waals surface area contributed by atoms with Crippen LogP contribution in [-0.4, -0.2) is 61.3 Å². The Hall–Kier alpha value is -3.47. The molecule has 1 atom stereocenters. The van der Waals surface area contributed by atoms with Crippen molar-refractivity contribution in [1.82, 2.24) is 24.4 Å². The van der Waals surface area contributed by atoms with Crippen LogP contribution in [0.25, 0.3) is 11.2 Å². The zero-order chi connectivity index (χ0) is 26.9. The Morgan fingerprint density at radius 2 is 2.00 bits per heavy atom. The van der Waals surface area contributed by atoms with Gasteiger partial charge in [0.1, 0.15) is 23.9 Å². The van der Waals surface area contributed by atoms with E-state index < -0.39 is 11.8 Å². The molecule has 0 unspecified atom stereocenters.